The SMILES string of the molecule is CS(=O)(=O)N1C[C@H](C(=O)NC[C@H]2COc3ccccc3O2)Oc2ccc(Cl)cc21. The maximum absolute atomic E-state index is 12.7. The van der Waals surface area contributed by atoms with Crippen molar-refractivity contribution in [3.8, 4) is 17.2 Å². The molecule has 2 aromatic rings. The Labute approximate surface area is 173 Å². The molecule has 0 unspecified atom stereocenters. The van der Waals surface area contributed by atoms with Crippen LogP contribution in [0.4, 0.5) is 5.69 Å². The van der Waals surface area contributed by atoms with Crippen LogP contribution in [0, 0.1) is 0 Å². The van der Waals surface area contributed by atoms with Gasteiger partial charge in [-0.15, -0.1) is 0 Å². The molecule has 2 aliphatic heterocycles. The third-order valence-corrected chi connectivity index (χ3v) is 5.94. The zero-order chi connectivity index (χ0) is 20.6. The quantitative estimate of drug-likeness (QED) is 0.782. The summed E-state index contributed by atoms with van der Waals surface area (Å²) in [6.45, 7) is 0.335. The van der Waals surface area contributed by atoms with Crippen LogP contribution in [-0.2, 0) is 14.8 Å². The maximum Gasteiger partial charge on any atom is 0.263 e. The summed E-state index contributed by atoms with van der Waals surface area (Å²) >= 11 is 5.98. The maximum atomic E-state index is 12.7. The molecular weight excluding hydrogens is 420 g/mol. The second-order valence-electron chi connectivity index (χ2n) is 6.76. The van der Waals surface area contributed by atoms with Crippen molar-refractivity contribution in [1.29, 1.82) is 0 Å². The predicted molar refractivity (Wildman–Crippen MR) is 107 cm³/mol. The van der Waals surface area contributed by atoms with Crippen LogP contribution < -0.4 is 23.8 Å². The Balaban J connectivity index is 1.43. The molecule has 1 amide bonds. The standard InChI is InChI=1S/C19H19ClN2O6S/c1-29(24,25)22-10-18(28-15-7-6-12(20)8-14(15)22)19(23)21-9-13-11-26-16-4-2-3-5-17(16)27-13/h2-8,13,18H,9-11H2,1H3,(H,21,23)/t13-,18+/m0/s1. The van der Waals surface area contributed by atoms with Crippen LogP contribution >= 0.6 is 11.6 Å². The first-order chi connectivity index (χ1) is 13.8. The molecule has 0 spiro atoms. The number of sulfonamides is 1. The van der Waals surface area contributed by atoms with Crippen molar-refractivity contribution in [2.45, 2.75) is 12.2 Å². The van der Waals surface area contributed by atoms with E-state index in [2.05, 4.69) is 5.32 Å². The lowest BCUT2D eigenvalue weighted by Crippen LogP contribution is -2.52. The van der Waals surface area contributed by atoms with Gasteiger partial charge >= 0.3 is 0 Å². The van der Waals surface area contributed by atoms with Gasteiger partial charge in [-0.1, -0.05) is 23.7 Å². The zero-order valence-corrected chi connectivity index (χ0v) is 17.1. The van der Waals surface area contributed by atoms with E-state index in [0.29, 0.717) is 28.8 Å². The van der Waals surface area contributed by atoms with Crippen molar-refractivity contribution in [1.82, 2.24) is 5.32 Å². The Kier molecular flexibility index (Phi) is 5.18. The molecule has 0 saturated carbocycles. The highest BCUT2D eigenvalue weighted by Gasteiger charge is 2.35. The molecule has 10 heteroatoms. The van der Waals surface area contributed by atoms with Gasteiger partial charge in [0.15, 0.2) is 17.6 Å². The number of benzene rings is 2. The molecule has 154 valence electrons. The number of nitrogens with zero attached hydrogens (tertiary/aromatic N) is 1. The Bertz CT molecular complexity index is 1040. The molecule has 2 aliphatic rings. The average Bonchev–Trinajstić information content (AvgIpc) is 2.70. The van der Waals surface area contributed by atoms with Gasteiger partial charge in [0.25, 0.3) is 5.91 Å². The molecule has 29 heavy (non-hydrogen) atoms. The summed E-state index contributed by atoms with van der Waals surface area (Å²) in [5, 5.41) is 3.12. The first-order valence-electron chi connectivity index (χ1n) is 8.91. The smallest absolute Gasteiger partial charge is 0.263 e. The molecule has 2 atom stereocenters. The third-order valence-electron chi connectivity index (χ3n) is 4.55. The molecule has 0 radical (unpaired) electrons. The number of halogens is 1. The van der Waals surface area contributed by atoms with Gasteiger partial charge in [-0.05, 0) is 30.3 Å². The van der Waals surface area contributed by atoms with Gasteiger partial charge < -0.3 is 19.5 Å². The number of ether oxygens (including phenoxy) is 3. The van der Waals surface area contributed by atoms with E-state index in [0.717, 1.165) is 10.6 Å². The predicted octanol–water partition coefficient (Wildman–Crippen LogP) is 1.82. The van der Waals surface area contributed by atoms with Crippen molar-refractivity contribution in [3.63, 3.8) is 0 Å². The number of hydrogen-bond acceptors (Lipinski definition) is 6. The number of fused-ring (bicyclic) bond motifs is 2. The van der Waals surface area contributed by atoms with E-state index in [1.54, 1.807) is 18.2 Å². The Morgan fingerprint density at radius 2 is 1.93 bits per heavy atom. The number of anilines is 1. The van der Waals surface area contributed by atoms with E-state index in [4.69, 9.17) is 25.8 Å². The molecular formula is C19H19ClN2O6S. The Morgan fingerprint density at radius 1 is 1.17 bits per heavy atom. The fraction of sp³-hybridized carbons (Fsp3) is 0.316. The van der Waals surface area contributed by atoms with Gasteiger partial charge in [0.05, 0.1) is 25.0 Å². The van der Waals surface area contributed by atoms with E-state index in [1.165, 1.54) is 6.07 Å². The van der Waals surface area contributed by atoms with Crippen molar-refractivity contribution < 1.29 is 27.4 Å². The fourth-order valence-electron chi connectivity index (χ4n) is 3.17. The number of nitrogens with one attached hydrogen (secondary N) is 1. The van der Waals surface area contributed by atoms with E-state index in [-0.39, 0.29) is 24.9 Å². The van der Waals surface area contributed by atoms with E-state index >= 15 is 0 Å². The van der Waals surface area contributed by atoms with Gasteiger partial charge in [0, 0.05) is 5.02 Å². The molecule has 2 heterocycles. The summed E-state index contributed by atoms with van der Waals surface area (Å²) < 4.78 is 42.7. The zero-order valence-electron chi connectivity index (χ0n) is 15.5. The van der Waals surface area contributed by atoms with Gasteiger partial charge in [-0.25, -0.2) is 8.42 Å². The Hall–Kier alpha value is -2.65. The van der Waals surface area contributed by atoms with E-state index in [1.807, 2.05) is 18.2 Å². The summed E-state index contributed by atoms with van der Waals surface area (Å²) in [6, 6.07) is 11.9. The molecule has 0 fully saturated rings. The molecule has 0 saturated heterocycles. The van der Waals surface area contributed by atoms with Crippen LogP contribution in [0.1, 0.15) is 0 Å². The number of rotatable bonds is 4. The third kappa shape index (κ3) is 4.20. The Morgan fingerprint density at radius 3 is 2.69 bits per heavy atom. The minimum atomic E-state index is -3.62. The first kappa shape index (κ1) is 19.7. The highest BCUT2D eigenvalue weighted by molar-refractivity contribution is 7.92. The summed E-state index contributed by atoms with van der Waals surface area (Å²) in [6.07, 6.45) is -0.299. The van der Waals surface area contributed by atoms with E-state index < -0.39 is 22.0 Å². The molecule has 1 N–H and O–H groups in total. The van der Waals surface area contributed by atoms with Gasteiger partial charge in [0.1, 0.15) is 18.5 Å². The lowest BCUT2D eigenvalue weighted by atomic mass is 10.2. The number of carbonyl (C=O) groups excluding carboxylic acids is 1. The summed E-state index contributed by atoms with van der Waals surface area (Å²) in [5.41, 5.74) is 0.310. The summed E-state index contributed by atoms with van der Waals surface area (Å²) in [4.78, 5) is 12.7. The van der Waals surface area contributed by atoms with Gasteiger partial charge in [0.2, 0.25) is 10.0 Å². The van der Waals surface area contributed by atoms with Crippen LogP contribution in [0.5, 0.6) is 17.2 Å². The largest absolute Gasteiger partial charge is 0.486 e. The van der Waals surface area contributed by atoms with Crippen molar-refractivity contribution in [2.75, 3.05) is 30.3 Å². The molecule has 0 aliphatic carbocycles. The summed E-state index contributed by atoms with van der Waals surface area (Å²) in [5.74, 6) is 1.10. The molecule has 0 aromatic heterocycles. The second-order valence-corrected chi connectivity index (χ2v) is 9.10. The van der Waals surface area contributed by atoms with Gasteiger partial charge in [-0.2, -0.15) is 0 Å². The highest BCUT2D eigenvalue weighted by Crippen LogP contribution is 2.37. The molecule has 0 bridgehead atoms. The van der Waals surface area contributed by atoms with Crippen LogP contribution in [0.2, 0.25) is 5.02 Å². The van der Waals surface area contributed by atoms with Gasteiger partial charge in [-0.3, -0.25) is 9.10 Å². The first-order valence-corrected chi connectivity index (χ1v) is 11.1. The topological polar surface area (TPSA) is 94.2 Å². The molecule has 4 rings (SSSR count). The average molecular weight is 439 g/mol. The van der Waals surface area contributed by atoms with Crippen molar-refractivity contribution in [2.24, 2.45) is 0 Å². The highest BCUT2D eigenvalue weighted by atomic mass is 35.5. The molecule has 8 nitrogen and oxygen atoms in total. The van der Waals surface area contributed by atoms with Crippen molar-refractivity contribution >= 4 is 33.2 Å². The monoisotopic (exact) mass is 438 g/mol. The van der Waals surface area contributed by atoms with E-state index in [9.17, 15) is 13.2 Å². The second kappa shape index (κ2) is 7.64. The van der Waals surface area contributed by atoms with Crippen molar-refractivity contribution in [3.05, 3.63) is 47.5 Å². The number of para-hydroxylation sites is 2. The van der Waals surface area contributed by atoms with Crippen LogP contribution in [0.25, 0.3) is 0 Å². The minimum absolute atomic E-state index is 0.150. The lowest BCUT2D eigenvalue weighted by molar-refractivity contribution is -0.128. The summed E-state index contributed by atoms with van der Waals surface area (Å²) in [7, 11) is -3.62. The van der Waals surface area contributed by atoms with Crippen LogP contribution in [0.3, 0.4) is 0 Å². The number of carbonyl (C=O) groups is 1. The van der Waals surface area contributed by atoms with Crippen LogP contribution in [-0.4, -0.2) is 52.5 Å². The lowest BCUT2D eigenvalue weighted by Gasteiger charge is -2.34. The number of hydrogen-bond donors (Lipinski definition) is 1. The molecule has 2 aromatic carbocycles. The number of amides is 1. The van der Waals surface area contributed by atoms with Crippen LogP contribution in [0.15, 0.2) is 42.5 Å². The fourth-order valence-corrected chi connectivity index (χ4v) is 4.24. The minimum Gasteiger partial charge on any atom is -0.486 e. The normalized spacial score (nSPS) is 20.4.